The first kappa shape index (κ1) is 16.9. The van der Waals surface area contributed by atoms with E-state index in [1.165, 1.54) is 0 Å². The topological polar surface area (TPSA) is 82.4 Å². The zero-order valence-electron chi connectivity index (χ0n) is 14.3. The van der Waals surface area contributed by atoms with Gasteiger partial charge in [-0.1, -0.05) is 0 Å². The summed E-state index contributed by atoms with van der Waals surface area (Å²) < 4.78 is 0. The molecule has 0 bridgehead atoms. The Balaban J connectivity index is 1.70. The molecule has 1 saturated heterocycles. The largest absolute Gasteiger partial charge is 0.334 e. The Morgan fingerprint density at radius 2 is 1.80 bits per heavy atom. The molecule has 0 spiro atoms. The number of nitrogens with zero attached hydrogens (tertiary/aromatic N) is 5. The van der Waals surface area contributed by atoms with Gasteiger partial charge >= 0.3 is 0 Å². The molecule has 7 nitrogen and oxygen atoms in total. The van der Waals surface area contributed by atoms with E-state index in [0.29, 0.717) is 43.3 Å². The molecule has 2 aromatic rings. The Bertz CT molecular complexity index is 793. The van der Waals surface area contributed by atoms with Crippen LogP contribution in [0, 0.1) is 25.2 Å². The zero-order chi connectivity index (χ0) is 17.8. The van der Waals surface area contributed by atoms with Gasteiger partial charge in [-0.15, -0.1) is 0 Å². The first-order valence-electron chi connectivity index (χ1n) is 8.09. The molecule has 1 aliphatic rings. The van der Waals surface area contributed by atoms with E-state index in [0.717, 1.165) is 11.4 Å². The number of hydrogen-bond donors (Lipinski definition) is 0. The van der Waals surface area contributed by atoms with Crippen LogP contribution in [0.15, 0.2) is 30.3 Å². The van der Waals surface area contributed by atoms with E-state index in [4.69, 9.17) is 10.1 Å². The van der Waals surface area contributed by atoms with Gasteiger partial charge in [-0.25, -0.2) is 15.0 Å². The Labute approximate surface area is 146 Å². The molecular formula is C18H19N5O2. The molecule has 0 atom stereocenters. The first-order chi connectivity index (χ1) is 12.1. The summed E-state index contributed by atoms with van der Waals surface area (Å²) in [5, 5.41) is 10.5. The van der Waals surface area contributed by atoms with E-state index < -0.39 is 0 Å². The van der Waals surface area contributed by atoms with Gasteiger partial charge in [-0.3, -0.25) is 9.63 Å². The van der Waals surface area contributed by atoms with Crippen LogP contribution >= 0.6 is 0 Å². The number of aromatic nitrogens is 2. The highest BCUT2D eigenvalue weighted by Crippen LogP contribution is 2.14. The maximum atomic E-state index is 12.6. The SMILES string of the molecule is Cc1cc(C)nc(N2CCN(C(=O)c3ccc(C#N)cc3)CCO2)n1. The van der Waals surface area contributed by atoms with Gasteiger partial charge in [0.05, 0.1) is 24.8 Å². The van der Waals surface area contributed by atoms with E-state index in [-0.39, 0.29) is 5.91 Å². The maximum Gasteiger partial charge on any atom is 0.253 e. The predicted octanol–water partition coefficient (Wildman–Crippen LogP) is 1.86. The van der Waals surface area contributed by atoms with Gasteiger partial charge in [0.15, 0.2) is 0 Å². The van der Waals surface area contributed by atoms with Crippen molar-refractivity contribution in [3.8, 4) is 6.07 Å². The van der Waals surface area contributed by atoms with Crippen LogP contribution in [0.5, 0.6) is 0 Å². The van der Waals surface area contributed by atoms with Crippen molar-refractivity contribution in [2.45, 2.75) is 13.8 Å². The minimum atomic E-state index is -0.0729. The summed E-state index contributed by atoms with van der Waals surface area (Å²) in [7, 11) is 0. The summed E-state index contributed by atoms with van der Waals surface area (Å²) in [4.78, 5) is 28.9. The van der Waals surface area contributed by atoms with E-state index in [2.05, 4.69) is 16.0 Å². The molecule has 0 unspecified atom stereocenters. The Morgan fingerprint density at radius 1 is 1.12 bits per heavy atom. The van der Waals surface area contributed by atoms with Gasteiger partial charge in [0.1, 0.15) is 0 Å². The number of amides is 1. The van der Waals surface area contributed by atoms with Crippen molar-refractivity contribution in [2.24, 2.45) is 0 Å². The van der Waals surface area contributed by atoms with Crippen molar-refractivity contribution in [3.63, 3.8) is 0 Å². The number of hydroxylamine groups is 1. The van der Waals surface area contributed by atoms with Gasteiger partial charge in [0.2, 0.25) is 5.95 Å². The van der Waals surface area contributed by atoms with Gasteiger partial charge in [-0.05, 0) is 44.2 Å². The van der Waals surface area contributed by atoms with Gasteiger partial charge < -0.3 is 4.90 Å². The van der Waals surface area contributed by atoms with E-state index in [1.54, 1.807) is 34.2 Å². The van der Waals surface area contributed by atoms with Crippen LogP contribution in [-0.2, 0) is 4.84 Å². The standard InChI is InChI=1S/C18H19N5O2/c1-13-11-14(2)21-18(20-13)23-8-7-22(9-10-25-23)17(24)16-5-3-15(12-19)4-6-16/h3-6,11H,7-10H2,1-2H3. The normalized spacial score (nSPS) is 14.8. The molecule has 0 aliphatic carbocycles. The number of carbonyl (C=O) groups is 1. The highest BCUT2D eigenvalue weighted by Gasteiger charge is 2.22. The lowest BCUT2D eigenvalue weighted by Gasteiger charge is -2.21. The lowest BCUT2D eigenvalue weighted by Crippen LogP contribution is -2.35. The van der Waals surface area contributed by atoms with E-state index in [9.17, 15) is 4.79 Å². The molecule has 1 aromatic heterocycles. The number of benzene rings is 1. The van der Waals surface area contributed by atoms with Crippen molar-refractivity contribution < 1.29 is 9.63 Å². The van der Waals surface area contributed by atoms with Crippen LogP contribution in [0.2, 0.25) is 0 Å². The zero-order valence-corrected chi connectivity index (χ0v) is 14.3. The van der Waals surface area contributed by atoms with E-state index in [1.807, 2.05) is 19.9 Å². The Morgan fingerprint density at radius 3 is 2.44 bits per heavy atom. The molecule has 1 fully saturated rings. The monoisotopic (exact) mass is 337 g/mol. The van der Waals surface area contributed by atoms with Crippen LogP contribution in [0.4, 0.5) is 5.95 Å². The quantitative estimate of drug-likeness (QED) is 0.832. The van der Waals surface area contributed by atoms with Crippen LogP contribution in [-0.4, -0.2) is 47.0 Å². The fourth-order valence-electron chi connectivity index (χ4n) is 2.70. The van der Waals surface area contributed by atoms with Crippen molar-refractivity contribution in [3.05, 3.63) is 52.8 Å². The Kier molecular flexibility index (Phi) is 4.91. The summed E-state index contributed by atoms with van der Waals surface area (Å²) >= 11 is 0. The highest BCUT2D eigenvalue weighted by molar-refractivity contribution is 5.94. The van der Waals surface area contributed by atoms with Crippen molar-refractivity contribution in [1.29, 1.82) is 5.26 Å². The van der Waals surface area contributed by atoms with Crippen LogP contribution in [0.25, 0.3) is 0 Å². The minimum Gasteiger partial charge on any atom is -0.334 e. The number of hydrogen-bond acceptors (Lipinski definition) is 6. The molecule has 3 rings (SSSR count). The fourth-order valence-corrected chi connectivity index (χ4v) is 2.70. The molecule has 1 amide bonds. The number of anilines is 1. The molecule has 0 N–H and O–H groups in total. The molecule has 0 saturated carbocycles. The van der Waals surface area contributed by atoms with Gasteiger partial charge in [0.25, 0.3) is 5.91 Å². The number of nitriles is 1. The summed E-state index contributed by atoms with van der Waals surface area (Å²) in [5.41, 5.74) is 2.85. The number of aryl methyl sites for hydroxylation is 2. The van der Waals surface area contributed by atoms with Crippen molar-refractivity contribution >= 4 is 11.9 Å². The summed E-state index contributed by atoms with van der Waals surface area (Å²) in [6.07, 6.45) is 0. The predicted molar refractivity (Wildman–Crippen MR) is 91.9 cm³/mol. The highest BCUT2D eigenvalue weighted by atomic mass is 16.7. The fraction of sp³-hybridized carbons (Fsp3) is 0.333. The van der Waals surface area contributed by atoms with Crippen LogP contribution in [0.3, 0.4) is 0 Å². The molecular weight excluding hydrogens is 318 g/mol. The second-order valence-corrected chi connectivity index (χ2v) is 5.87. The lowest BCUT2D eigenvalue weighted by molar-refractivity contribution is 0.0729. The van der Waals surface area contributed by atoms with Crippen LogP contribution in [0.1, 0.15) is 27.3 Å². The number of carbonyl (C=O) groups excluding carboxylic acids is 1. The summed E-state index contributed by atoms with van der Waals surface area (Å²) in [6.45, 7) is 5.69. The maximum absolute atomic E-state index is 12.6. The van der Waals surface area contributed by atoms with E-state index >= 15 is 0 Å². The molecule has 25 heavy (non-hydrogen) atoms. The van der Waals surface area contributed by atoms with Crippen molar-refractivity contribution in [1.82, 2.24) is 14.9 Å². The summed E-state index contributed by atoms with van der Waals surface area (Å²) in [5.74, 6) is 0.446. The minimum absolute atomic E-state index is 0.0729. The molecule has 2 heterocycles. The summed E-state index contributed by atoms with van der Waals surface area (Å²) in [6, 6.07) is 10.6. The second kappa shape index (κ2) is 7.28. The van der Waals surface area contributed by atoms with Gasteiger partial charge in [0, 0.05) is 30.0 Å². The second-order valence-electron chi connectivity index (χ2n) is 5.87. The van der Waals surface area contributed by atoms with Crippen molar-refractivity contribution in [2.75, 3.05) is 31.3 Å². The third-order valence-electron chi connectivity index (χ3n) is 3.92. The van der Waals surface area contributed by atoms with Gasteiger partial charge in [-0.2, -0.15) is 5.26 Å². The van der Waals surface area contributed by atoms with Crippen LogP contribution < -0.4 is 5.06 Å². The molecule has 0 radical (unpaired) electrons. The molecule has 128 valence electrons. The smallest absolute Gasteiger partial charge is 0.253 e. The first-order valence-corrected chi connectivity index (χ1v) is 8.09. The average Bonchev–Trinajstić information content (AvgIpc) is 2.86. The third kappa shape index (κ3) is 3.92. The lowest BCUT2D eigenvalue weighted by atomic mass is 10.1. The average molecular weight is 337 g/mol. The molecule has 7 heteroatoms. The molecule has 1 aromatic carbocycles. The third-order valence-corrected chi connectivity index (χ3v) is 3.92. The number of rotatable bonds is 2. The molecule has 1 aliphatic heterocycles. The Hall–Kier alpha value is -2.98.